The Morgan fingerprint density at radius 3 is 2.67 bits per heavy atom. The van der Waals surface area contributed by atoms with E-state index in [1.54, 1.807) is 24.3 Å². The van der Waals surface area contributed by atoms with Crippen molar-refractivity contribution in [2.45, 2.75) is 31.4 Å². The highest BCUT2D eigenvalue weighted by molar-refractivity contribution is 5.44. The van der Waals surface area contributed by atoms with Crippen LogP contribution >= 0.6 is 0 Å². The van der Waals surface area contributed by atoms with Gasteiger partial charge in [0.15, 0.2) is 11.6 Å². The largest absolute Gasteiger partial charge is 0.486 e. The maximum atomic E-state index is 12.9. The lowest BCUT2D eigenvalue weighted by molar-refractivity contribution is 0.229. The molecule has 1 fully saturated rings. The van der Waals surface area contributed by atoms with Gasteiger partial charge < -0.3 is 19.4 Å². The molecule has 124 valence electrons. The van der Waals surface area contributed by atoms with Crippen molar-refractivity contribution in [2.75, 3.05) is 0 Å². The minimum atomic E-state index is -0.469. The Kier molecular flexibility index (Phi) is 3.57. The van der Waals surface area contributed by atoms with Crippen LogP contribution in [0.15, 0.2) is 45.3 Å². The quantitative estimate of drug-likeness (QED) is 0.772. The average molecular weight is 329 g/mol. The Balaban J connectivity index is 1.44. The molecule has 7 heteroatoms. The molecular weight excluding hydrogens is 313 g/mol. The van der Waals surface area contributed by atoms with E-state index in [9.17, 15) is 4.39 Å². The van der Waals surface area contributed by atoms with Gasteiger partial charge in [-0.3, -0.25) is 0 Å². The van der Waals surface area contributed by atoms with E-state index >= 15 is 0 Å². The molecule has 0 saturated heterocycles. The third-order valence-corrected chi connectivity index (χ3v) is 4.18. The zero-order valence-corrected chi connectivity index (χ0v) is 12.9. The Morgan fingerprint density at radius 1 is 1.17 bits per heavy atom. The summed E-state index contributed by atoms with van der Waals surface area (Å²) in [5, 5.41) is 3.96. The van der Waals surface area contributed by atoms with Crippen LogP contribution in [0.25, 0.3) is 11.7 Å². The van der Waals surface area contributed by atoms with E-state index < -0.39 is 5.54 Å². The van der Waals surface area contributed by atoms with Gasteiger partial charge in [-0.1, -0.05) is 5.16 Å². The monoisotopic (exact) mass is 329 g/mol. The van der Waals surface area contributed by atoms with Crippen LogP contribution in [0.4, 0.5) is 4.39 Å². The maximum absolute atomic E-state index is 12.9. The lowest BCUT2D eigenvalue weighted by Gasteiger charge is -2.34. The average Bonchev–Trinajstić information content (AvgIpc) is 3.21. The Labute approximate surface area is 137 Å². The lowest BCUT2D eigenvalue weighted by Crippen LogP contribution is -2.44. The van der Waals surface area contributed by atoms with Gasteiger partial charge in [-0.2, -0.15) is 4.98 Å². The van der Waals surface area contributed by atoms with Crippen LogP contribution in [0, 0.1) is 5.82 Å². The van der Waals surface area contributed by atoms with E-state index in [-0.39, 0.29) is 12.4 Å². The van der Waals surface area contributed by atoms with Crippen LogP contribution in [0.2, 0.25) is 0 Å². The number of halogens is 1. The molecule has 0 amide bonds. The first-order valence-electron chi connectivity index (χ1n) is 7.73. The van der Waals surface area contributed by atoms with Crippen molar-refractivity contribution in [2.24, 2.45) is 5.73 Å². The highest BCUT2D eigenvalue weighted by Crippen LogP contribution is 2.37. The summed E-state index contributed by atoms with van der Waals surface area (Å²) >= 11 is 0. The molecule has 0 unspecified atom stereocenters. The first-order chi connectivity index (χ1) is 11.6. The fourth-order valence-electron chi connectivity index (χ4n) is 2.56. The molecule has 1 aliphatic rings. The molecule has 0 aliphatic heterocycles. The van der Waals surface area contributed by atoms with Crippen LogP contribution in [0.3, 0.4) is 0 Å². The molecule has 0 atom stereocenters. The molecule has 0 radical (unpaired) electrons. The third kappa shape index (κ3) is 2.78. The summed E-state index contributed by atoms with van der Waals surface area (Å²) in [6.07, 6.45) is 2.80. The molecule has 1 aliphatic carbocycles. The highest BCUT2D eigenvalue weighted by Gasteiger charge is 2.39. The van der Waals surface area contributed by atoms with Crippen molar-refractivity contribution in [3.05, 3.63) is 53.8 Å². The van der Waals surface area contributed by atoms with Crippen molar-refractivity contribution in [1.29, 1.82) is 0 Å². The summed E-state index contributed by atoms with van der Waals surface area (Å²) < 4.78 is 29.3. The van der Waals surface area contributed by atoms with E-state index in [4.69, 9.17) is 19.4 Å². The first kappa shape index (κ1) is 14.9. The summed E-state index contributed by atoms with van der Waals surface area (Å²) in [5.74, 6) is 2.14. The van der Waals surface area contributed by atoms with Crippen LogP contribution < -0.4 is 10.5 Å². The molecule has 1 aromatic carbocycles. The SMILES string of the molecule is NC1(c2noc(-c3ccc(COc4ccc(F)cc4)o3)n2)CCC1. The highest BCUT2D eigenvalue weighted by atomic mass is 19.1. The summed E-state index contributed by atoms with van der Waals surface area (Å²) in [6, 6.07) is 9.30. The van der Waals surface area contributed by atoms with Gasteiger partial charge in [0.2, 0.25) is 0 Å². The normalized spacial score (nSPS) is 15.9. The zero-order valence-electron chi connectivity index (χ0n) is 12.9. The molecule has 2 N–H and O–H groups in total. The van der Waals surface area contributed by atoms with E-state index in [0.29, 0.717) is 29.0 Å². The van der Waals surface area contributed by atoms with Gasteiger partial charge in [0.25, 0.3) is 5.89 Å². The summed E-state index contributed by atoms with van der Waals surface area (Å²) in [4.78, 5) is 4.34. The number of benzene rings is 1. The van der Waals surface area contributed by atoms with Crippen molar-refractivity contribution in [3.63, 3.8) is 0 Å². The van der Waals surface area contributed by atoms with Gasteiger partial charge in [0.1, 0.15) is 23.9 Å². The number of ether oxygens (including phenoxy) is 1. The molecule has 6 nitrogen and oxygen atoms in total. The minimum absolute atomic E-state index is 0.216. The smallest absolute Gasteiger partial charge is 0.293 e. The fraction of sp³-hybridized carbons (Fsp3) is 0.294. The van der Waals surface area contributed by atoms with E-state index in [0.717, 1.165) is 19.3 Å². The number of hydrogen-bond acceptors (Lipinski definition) is 6. The van der Waals surface area contributed by atoms with Gasteiger partial charge in [-0.25, -0.2) is 4.39 Å². The summed E-state index contributed by atoms with van der Waals surface area (Å²) in [5.41, 5.74) is 5.71. The number of furan rings is 1. The van der Waals surface area contributed by atoms with Crippen molar-refractivity contribution < 1.29 is 18.1 Å². The zero-order chi connectivity index (χ0) is 16.6. The van der Waals surface area contributed by atoms with Crippen LogP contribution in [0.5, 0.6) is 5.75 Å². The molecular formula is C17H16FN3O3. The van der Waals surface area contributed by atoms with Gasteiger partial charge in [-0.05, 0) is 55.7 Å². The first-order valence-corrected chi connectivity index (χ1v) is 7.73. The van der Waals surface area contributed by atoms with Gasteiger partial charge in [0.05, 0.1) is 5.54 Å². The van der Waals surface area contributed by atoms with E-state index in [2.05, 4.69) is 10.1 Å². The predicted molar refractivity (Wildman–Crippen MR) is 82.4 cm³/mol. The summed E-state index contributed by atoms with van der Waals surface area (Å²) in [7, 11) is 0. The number of aromatic nitrogens is 2. The van der Waals surface area contributed by atoms with Crippen LogP contribution in [0.1, 0.15) is 30.8 Å². The molecule has 4 rings (SSSR count). The Morgan fingerprint density at radius 2 is 1.96 bits per heavy atom. The molecule has 3 aromatic rings. The lowest BCUT2D eigenvalue weighted by atomic mass is 9.77. The molecule has 0 bridgehead atoms. The van der Waals surface area contributed by atoms with Crippen molar-refractivity contribution >= 4 is 0 Å². The van der Waals surface area contributed by atoms with Gasteiger partial charge in [-0.15, -0.1) is 0 Å². The van der Waals surface area contributed by atoms with Crippen molar-refractivity contribution in [1.82, 2.24) is 10.1 Å². The van der Waals surface area contributed by atoms with E-state index in [1.807, 2.05) is 0 Å². The molecule has 0 spiro atoms. The maximum Gasteiger partial charge on any atom is 0.293 e. The molecule has 2 heterocycles. The molecule has 24 heavy (non-hydrogen) atoms. The second kappa shape index (κ2) is 5.76. The number of hydrogen-bond donors (Lipinski definition) is 1. The summed E-state index contributed by atoms with van der Waals surface area (Å²) in [6.45, 7) is 0.216. The van der Waals surface area contributed by atoms with Crippen LogP contribution in [-0.4, -0.2) is 10.1 Å². The number of nitrogens with zero attached hydrogens (tertiary/aromatic N) is 2. The number of nitrogens with two attached hydrogens (primary N) is 1. The standard InChI is InChI=1S/C17H16FN3O3/c18-11-2-4-12(5-3-11)22-10-13-6-7-14(23-13)15-20-16(21-24-15)17(19)8-1-9-17/h2-7H,1,8-10,19H2. The second-order valence-electron chi connectivity index (χ2n) is 5.94. The Hall–Kier alpha value is -2.67. The van der Waals surface area contributed by atoms with E-state index in [1.165, 1.54) is 12.1 Å². The molecule has 1 saturated carbocycles. The van der Waals surface area contributed by atoms with Gasteiger partial charge >= 0.3 is 0 Å². The topological polar surface area (TPSA) is 87.3 Å². The predicted octanol–water partition coefficient (Wildman–Crippen LogP) is 3.39. The third-order valence-electron chi connectivity index (χ3n) is 4.18. The number of rotatable bonds is 5. The minimum Gasteiger partial charge on any atom is -0.486 e. The Bertz CT molecular complexity index is 837. The van der Waals surface area contributed by atoms with Crippen LogP contribution in [-0.2, 0) is 12.1 Å². The van der Waals surface area contributed by atoms with Gasteiger partial charge in [0, 0.05) is 0 Å². The van der Waals surface area contributed by atoms with Crippen molar-refractivity contribution in [3.8, 4) is 17.4 Å². The second-order valence-corrected chi connectivity index (χ2v) is 5.94. The fourth-order valence-corrected chi connectivity index (χ4v) is 2.56. The molecule has 2 aromatic heterocycles.